The molecule has 1 saturated heterocycles. The average Bonchev–Trinajstić information content (AvgIpc) is 2.58. The van der Waals surface area contributed by atoms with Crippen molar-refractivity contribution < 1.29 is 19.1 Å². The monoisotopic (exact) mass is 348 g/mol. The topological polar surface area (TPSA) is 59.1 Å². The van der Waals surface area contributed by atoms with Gasteiger partial charge < -0.3 is 14.4 Å². The van der Waals surface area contributed by atoms with Crippen LogP contribution in [0.15, 0.2) is 30.3 Å². The molecule has 0 radical (unpaired) electrons. The van der Waals surface area contributed by atoms with Gasteiger partial charge in [-0.25, -0.2) is 14.5 Å². The molecule has 0 N–H and O–H groups in total. The maximum absolute atomic E-state index is 12.3. The SMILES string of the molecule is COC(=O)N(CC1CCN(c2ccccc2)CC1)C(=O)OC(C)(C)C. The van der Waals surface area contributed by atoms with E-state index in [1.807, 2.05) is 18.2 Å². The number of amides is 2. The minimum Gasteiger partial charge on any atom is -0.452 e. The molecular weight excluding hydrogens is 320 g/mol. The van der Waals surface area contributed by atoms with E-state index in [4.69, 9.17) is 9.47 Å². The van der Waals surface area contributed by atoms with Gasteiger partial charge in [-0.05, 0) is 51.7 Å². The fourth-order valence-corrected chi connectivity index (χ4v) is 2.92. The number of benzene rings is 1. The van der Waals surface area contributed by atoms with Gasteiger partial charge in [-0.15, -0.1) is 0 Å². The molecular formula is C19H28N2O4. The number of imide groups is 1. The first kappa shape index (κ1) is 19.1. The van der Waals surface area contributed by atoms with Crippen LogP contribution in [0, 0.1) is 5.92 Å². The number of nitrogens with zero attached hydrogens (tertiary/aromatic N) is 2. The van der Waals surface area contributed by atoms with Crippen molar-refractivity contribution in [3.63, 3.8) is 0 Å². The number of methoxy groups -OCH3 is 1. The Morgan fingerprint density at radius 2 is 1.72 bits per heavy atom. The van der Waals surface area contributed by atoms with Gasteiger partial charge in [0.2, 0.25) is 0 Å². The van der Waals surface area contributed by atoms with E-state index in [0.717, 1.165) is 30.8 Å². The van der Waals surface area contributed by atoms with Crippen molar-refractivity contribution in [1.82, 2.24) is 4.90 Å². The number of para-hydroxylation sites is 1. The largest absolute Gasteiger partial charge is 0.452 e. The molecule has 1 fully saturated rings. The molecule has 0 spiro atoms. The van der Waals surface area contributed by atoms with E-state index in [1.165, 1.54) is 12.8 Å². The number of hydrogen-bond donors (Lipinski definition) is 0. The van der Waals surface area contributed by atoms with Crippen LogP contribution in [0.3, 0.4) is 0 Å². The zero-order valence-corrected chi connectivity index (χ0v) is 15.5. The number of ether oxygens (including phenoxy) is 2. The second-order valence-electron chi connectivity index (χ2n) is 7.33. The number of carbonyl (C=O) groups excluding carboxylic acids is 2. The van der Waals surface area contributed by atoms with Gasteiger partial charge in [0.25, 0.3) is 0 Å². The quantitative estimate of drug-likeness (QED) is 0.829. The molecule has 1 aliphatic heterocycles. The Balaban J connectivity index is 1.94. The molecule has 0 bridgehead atoms. The smallest absolute Gasteiger partial charge is 0.419 e. The molecule has 6 nitrogen and oxygen atoms in total. The van der Waals surface area contributed by atoms with E-state index in [0.29, 0.717) is 6.54 Å². The van der Waals surface area contributed by atoms with Gasteiger partial charge >= 0.3 is 12.2 Å². The van der Waals surface area contributed by atoms with Crippen molar-refractivity contribution in [2.24, 2.45) is 5.92 Å². The van der Waals surface area contributed by atoms with E-state index in [2.05, 4.69) is 17.0 Å². The third-order valence-corrected chi connectivity index (χ3v) is 4.19. The van der Waals surface area contributed by atoms with Gasteiger partial charge in [-0.1, -0.05) is 18.2 Å². The van der Waals surface area contributed by atoms with Crippen molar-refractivity contribution in [2.45, 2.75) is 39.2 Å². The second-order valence-corrected chi connectivity index (χ2v) is 7.33. The molecule has 0 atom stereocenters. The van der Waals surface area contributed by atoms with Crippen molar-refractivity contribution in [2.75, 3.05) is 31.6 Å². The molecule has 6 heteroatoms. The molecule has 2 amide bonds. The molecule has 2 rings (SSSR count). The molecule has 25 heavy (non-hydrogen) atoms. The van der Waals surface area contributed by atoms with Gasteiger partial charge in [0, 0.05) is 25.3 Å². The molecule has 0 aliphatic carbocycles. The summed E-state index contributed by atoms with van der Waals surface area (Å²) in [6.07, 6.45) is 0.501. The number of hydrogen-bond acceptors (Lipinski definition) is 5. The Hall–Kier alpha value is -2.24. The lowest BCUT2D eigenvalue weighted by molar-refractivity contribution is 0.0211. The Kier molecular flexibility index (Phi) is 6.28. The van der Waals surface area contributed by atoms with Crippen LogP contribution in [0.5, 0.6) is 0 Å². The van der Waals surface area contributed by atoms with Crippen molar-refractivity contribution in [3.8, 4) is 0 Å². The Labute approximate surface area is 149 Å². The fourth-order valence-electron chi connectivity index (χ4n) is 2.92. The lowest BCUT2D eigenvalue weighted by Crippen LogP contribution is -2.45. The van der Waals surface area contributed by atoms with Crippen molar-refractivity contribution in [3.05, 3.63) is 30.3 Å². The zero-order valence-electron chi connectivity index (χ0n) is 15.5. The van der Waals surface area contributed by atoms with Gasteiger partial charge in [0.1, 0.15) is 5.60 Å². The van der Waals surface area contributed by atoms with Crippen LogP contribution in [0.25, 0.3) is 0 Å². The number of rotatable bonds is 3. The van der Waals surface area contributed by atoms with Crippen LogP contribution < -0.4 is 4.90 Å². The molecule has 0 unspecified atom stereocenters. The predicted molar refractivity (Wildman–Crippen MR) is 96.7 cm³/mol. The molecule has 0 aromatic heterocycles. The van der Waals surface area contributed by atoms with Crippen LogP contribution >= 0.6 is 0 Å². The highest BCUT2D eigenvalue weighted by Gasteiger charge is 2.31. The van der Waals surface area contributed by atoms with E-state index in [1.54, 1.807) is 20.8 Å². The predicted octanol–water partition coefficient (Wildman–Crippen LogP) is 3.91. The Morgan fingerprint density at radius 1 is 1.12 bits per heavy atom. The molecule has 0 saturated carbocycles. The normalized spacial score (nSPS) is 15.6. The zero-order chi connectivity index (χ0) is 18.4. The van der Waals surface area contributed by atoms with Gasteiger partial charge in [0.05, 0.1) is 7.11 Å². The minimum atomic E-state index is -0.667. The minimum absolute atomic E-state index is 0.242. The van der Waals surface area contributed by atoms with Crippen LogP contribution in [-0.2, 0) is 9.47 Å². The van der Waals surface area contributed by atoms with E-state index in [-0.39, 0.29) is 5.92 Å². The summed E-state index contributed by atoms with van der Waals surface area (Å²) >= 11 is 0. The maximum atomic E-state index is 12.3. The summed E-state index contributed by atoms with van der Waals surface area (Å²) in [5, 5.41) is 0. The summed E-state index contributed by atoms with van der Waals surface area (Å²) in [4.78, 5) is 27.7. The summed E-state index contributed by atoms with van der Waals surface area (Å²) in [7, 11) is 1.28. The Morgan fingerprint density at radius 3 is 2.24 bits per heavy atom. The van der Waals surface area contributed by atoms with Crippen LogP contribution in [-0.4, -0.2) is 49.4 Å². The lowest BCUT2D eigenvalue weighted by Gasteiger charge is -2.35. The number of anilines is 1. The summed E-state index contributed by atoms with van der Waals surface area (Å²) in [5.41, 5.74) is 0.554. The summed E-state index contributed by atoms with van der Waals surface area (Å²) in [6.45, 7) is 7.45. The maximum Gasteiger partial charge on any atom is 0.419 e. The van der Waals surface area contributed by atoms with Crippen molar-refractivity contribution in [1.29, 1.82) is 0 Å². The van der Waals surface area contributed by atoms with Crippen LogP contribution in [0.4, 0.5) is 15.3 Å². The van der Waals surface area contributed by atoms with Gasteiger partial charge in [0.15, 0.2) is 0 Å². The third kappa shape index (κ3) is 5.66. The summed E-state index contributed by atoms with van der Waals surface area (Å²) in [6, 6.07) is 10.3. The number of carbonyl (C=O) groups is 2. The summed E-state index contributed by atoms with van der Waals surface area (Å²) < 4.78 is 10.1. The second kappa shape index (κ2) is 8.23. The fraction of sp³-hybridized carbons (Fsp3) is 0.579. The molecule has 1 heterocycles. The first-order chi connectivity index (χ1) is 11.8. The highest BCUT2D eigenvalue weighted by molar-refractivity contribution is 5.87. The van der Waals surface area contributed by atoms with Crippen LogP contribution in [0.2, 0.25) is 0 Å². The lowest BCUT2D eigenvalue weighted by atomic mass is 9.96. The highest BCUT2D eigenvalue weighted by atomic mass is 16.6. The van der Waals surface area contributed by atoms with Crippen molar-refractivity contribution >= 4 is 17.9 Å². The van der Waals surface area contributed by atoms with Crippen LogP contribution in [0.1, 0.15) is 33.6 Å². The van der Waals surface area contributed by atoms with E-state index < -0.39 is 17.8 Å². The Bertz CT molecular complexity index is 575. The summed E-state index contributed by atoms with van der Waals surface area (Å²) in [5.74, 6) is 0.242. The average molecular weight is 348 g/mol. The first-order valence-electron chi connectivity index (χ1n) is 8.68. The number of piperidine rings is 1. The molecule has 1 aliphatic rings. The van der Waals surface area contributed by atoms with Gasteiger partial charge in [-0.2, -0.15) is 0 Å². The van der Waals surface area contributed by atoms with Gasteiger partial charge in [-0.3, -0.25) is 0 Å². The first-order valence-corrected chi connectivity index (χ1v) is 8.68. The molecule has 138 valence electrons. The molecule has 1 aromatic carbocycles. The van der Waals surface area contributed by atoms with E-state index >= 15 is 0 Å². The van der Waals surface area contributed by atoms with E-state index in [9.17, 15) is 9.59 Å². The molecule has 1 aromatic rings. The third-order valence-electron chi connectivity index (χ3n) is 4.19. The highest BCUT2D eigenvalue weighted by Crippen LogP contribution is 2.24. The standard InChI is InChI=1S/C19H28N2O4/c1-19(2,3)25-18(23)21(17(22)24-4)14-15-10-12-20(13-11-15)16-8-6-5-7-9-16/h5-9,15H,10-14H2,1-4H3.